The zero-order chi connectivity index (χ0) is 14.1. The number of amides is 1. The summed E-state index contributed by atoms with van der Waals surface area (Å²) in [7, 11) is 0. The van der Waals surface area contributed by atoms with Crippen LogP contribution in [-0.4, -0.2) is 16.9 Å². The van der Waals surface area contributed by atoms with E-state index < -0.39 is 0 Å². The first kappa shape index (κ1) is 13.4. The largest absolute Gasteiger partial charge is 0.349 e. The second-order valence-electron chi connectivity index (χ2n) is 5.99. The molecular formula is C15H22N4O. The molecule has 3 rings (SSSR count). The summed E-state index contributed by atoms with van der Waals surface area (Å²) in [6.07, 6.45) is 5.82. The van der Waals surface area contributed by atoms with Gasteiger partial charge in [-0.25, -0.2) is 10.8 Å². The number of carbonyl (C=O) groups is 1. The molecule has 20 heavy (non-hydrogen) atoms. The van der Waals surface area contributed by atoms with Crippen molar-refractivity contribution in [3.05, 3.63) is 23.4 Å². The van der Waals surface area contributed by atoms with Gasteiger partial charge in [-0.15, -0.1) is 0 Å². The van der Waals surface area contributed by atoms with Gasteiger partial charge >= 0.3 is 0 Å². The maximum atomic E-state index is 12.4. The topological polar surface area (TPSA) is 80.0 Å². The summed E-state index contributed by atoms with van der Waals surface area (Å²) in [6.45, 7) is 2.01. The predicted octanol–water partition coefficient (Wildman–Crippen LogP) is 1.85. The Morgan fingerprint density at radius 3 is 2.85 bits per heavy atom. The number of nitrogens with one attached hydrogen (secondary N) is 2. The molecule has 5 nitrogen and oxygen atoms in total. The molecule has 2 aliphatic carbocycles. The van der Waals surface area contributed by atoms with Gasteiger partial charge in [0.1, 0.15) is 5.82 Å². The molecule has 1 amide bonds. The van der Waals surface area contributed by atoms with Crippen molar-refractivity contribution in [1.29, 1.82) is 0 Å². The molecule has 1 heterocycles. The van der Waals surface area contributed by atoms with E-state index in [0.29, 0.717) is 23.3 Å². The smallest absolute Gasteiger partial charge is 0.251 e. The van der Waals surface area contributed by atoms with Gasteiger partial charge in [0, 0.05) is 17.3 Å². The Morgan fingerprint density at radius 2 is 2.25 bits per heavy atom. The number of nitrogen functional groups attached to an aromatic ring is 1. The lowest BCUT2D eigenvalue weighted by Gasteiger charge is -2.23. The number of pyridine rings is 1. The van der Waals surface area contributed by atoms with Crippen molar-refractivity contribution < 1.29 is 4.79 Å². The molecule has 0 aliphatic heterocycles. The lowest BCUT2D eigenvalue weighted by atomic mass is 9.95. The van der Waals surface area contributed by atoms with Crippen molar-refractivity contribution in [3.8, 4) is 0 Å². The van der Waals surface area contributed by atoms with Gasteiger partial charge in [-0.1, -0.05) is 13.3 Å². The second-order valence-corrected chi connectivity index (χ2v) is 5.99. The summed E-state index contributed by atoms with van der Waals surface area (Å²) in [4.78, 5) is 16.7. The van der Waals surface area contributed by atoms with Crippen molar-refractivity contribution >= 4 is 11.7 Å². The lowest BCUT2D eigenvalue weighted by Crippen LogP contribution is -2.38. The highest BCUT2D eigenvalue weighted by Crippen LogP contribution is 2.44. The minimum absolute atomic E-state index is 0.00356. The molecule has 0 spiro atoms. The van der Waals surface area contributed by atoms with E-state index in [1.54, 1.807) is 6.07 Å². The van der Waals surface area contributed by atoms with Gasteiger partial charge in [0.2, 0.25) is 0 Å². The normalized spacial score (nSPS) is 27.6. The zero-order valence-corrected chi connectivity index (χ0v) is 11.9. The minimum Gasteiger partial charge on any atom is -0.349 e. The van der Waals surface area contributed by atoms with E-state index in [9.17, 15) is 4.79 Å². The van der Waals surface area contributed by atoms with Gasteiger partial charge in [0.25, 0.3) is 5.91 Å². The Balaban J connectivity index is 1.73. The number of hydrogen-bond donors (Lipinski definition) is 3. The van der Waals surface area contributed by atoms with Gasteiger partial charge < -0.3 is 10.7 Å². The van der Waals surface area contributed by atoms with Crippen molar-refractivity contribution in [1.82, 2.24) is 10.3 Å². The Labute approximate surface area is 119 Å². The Kier molecular flexibility index (Phi) is 3.61. The van der Waals surface area contributed by atoms with E-state index in [1.807, 2.05) is 13.0 Å². The van der Waals surface area contributed by atoms with Crippen LogP contribution < -0.4 is 16.6 Å². The van der Waals surface area contributed by atoms with Crippen LogP contribution in [-0.2, 0) is 6.42 Å². The van der Waals surface area contributed by atoms with Crippen LogP contribution in [0, 0.1) is 11.8 Å². The van der Waals surface area contributed by atoms with E-state index in [1.165, 1.54) is 19.3 Å². The first-order chi connectivity index (χ1) is 9.69. The number of nitrogens with zero attached hydrogens (tertiary/aromatic N) is 1. The fourth-order valence-corrected chi connectivity index (χ4v) is 3.65. The number of fused-ring (bicyclic) bond motifs is 2. The average molecular weight is 274 g/mol. The minimum atomic E-state index is -0.00356. The van der Waals surface area contributed by atoms with Crippen molar-refractivity contribution in [2.45, 2.75) is 45.1 Å². The lowest BCUT2D eigenvalue weighted by molar-refractivity contribution is 0.0922. The van der Waals surface area contributed by atoms with Crippen LogP contribution >= 0.6 is 0 Å². The molecule has 4 N–H and O–H groups in total. The number of hydrogen-bond acceptors (Lipinski definition) is 4. The van der Waals surface area contributed by atoms with Gasteiger partial charge in [0.05, 0.1) is 0 Å². The molecule has 1 aromatic rings. The highest BCUT2D eigenvalue weighted by atomic mass is 16.1. The zero-order valence-electron chi connectivity index (χ0n) is 11.9. The quantitative estimate of drug-likeness (QED) is 0.578. The van der Waals surface area contributed by atoms with Crippen LogP contribution in [0.2, 0.25) is 0 Å². The number of aryl methyl sites for hydroxylation is 1. The fraction of sp³-hybridized carbons (Fsp3) is 0.600. The number of carbonyl (C=O) groups excluding carboxylic acids is 1. The van der Waals surface area contributed by atoms with Crippen molar-refractivity contribution in [2.75, 3.05) is 5.43 Å². The third-order valence-electron chi connectivity index (χ3n) is 4.71. The van der Waals surface area contributed by atoms with Gasteiger partial charge in [-0.2, -0.15) is 0 Å². The molecule has 2 aliphatic rings. The molecule has 3 atom stereocenters. The number of hydrazine groups is 1. The molecule has 5 heteroatoms. The monoisotopic (exact) mass is 274 g/mol. The van der Waals surface area contributed by atoms with E-state index in [-0.39, 0.29) is 5.91 Å². The third kappa shape index (κ3) is 2.50. The average Bonchev–Trinajstić information content (AvgIpc) is 3.09. The van der Waals surface area contributed by atoms with Crippen molar-refractivity contribution in [3.63, 3.8) is 0 Å². The highest BCUT2D eigenvalue weighted by molar-refractivity contribution is 5.95. The van der Waals surface area contributed by atoms with E-state index in [2.05, 4.69) is 15.7 Å². The van der Waals surface area contributed by atoms with Crippen LogP contribution in [0.3, 0.4) is 0 Å². The SMILES string of the molecule is CCc1cc(C(=O)NC2CC3CCC2C3)cc(NN)n1. The standard InChI is InChI=1S/C15H22N4O/c1-2-12-7-11(8-14(17-12)19-16)15(20)18-13-6-9-3-4-10(13)5-9/h7-10,13H,2-6,16H2,1H3,(H,17,19)(H,18,20). The number of aromatic nitrogens is 1. The second kappa shape index (κ2) is 5.40. The number of anilines is 1. The van der Waals surface area contributed by atoms with Crippen LogP contribution in [0.1, 0.15) is 48.7 Å². The highest BCUT2D eigenvalue weighted by Gasteiger charge is 2.40. The summed E-state index contributed by atoms with van der Waals surface area (Å²) in [5, 5.41) is 3.19. The third-order valence-corrected chi connectivity index (χ3v) is 4.71. The first-order valence-electron chi connectivity index (χ1n) is 7.48. The Morgan fingerprint density at radius 1 is 1.40 bits per heavy atom. The van der Waals surface area contributed by atoms with Crippen LogP contribution in [0.4, 0.5) is 5.82 Å². The summed E-state index contributed by atoms with van der Waals surface area (Å²) >= 11 is 0. The maximum Gasteiger partial charge on any atom is 0.251 e. The first-order valence-corrected chi connectivity index (χ1v) is 7.48. The van der Waals surface area contributed by atoms with E-state index in [4.69, 9.17) is 5.84 Å². The summed E-state index contributed by atoms with van der Waals surface area (Å²) in [5.74, 6) is 7.46. The molecule has 0 saturated heterocycles. The molecule has 108 valence electrons. The van der Waals surface area contributed by atoms with Crippen LogP contribution in [0.25, 0.3) is 0 Å². The fourth-order valence-electron chi connectivity index (χ4n) is 3.65. The maximum absolute atomic E-state index is 12.4. The van der Waals surface area contributed by atoms with E-state index in [0.717, 1.165) is 24.5 Å². The molecule has 0 aromatic carbocycles. The summed E-state index contributed by atoms with van der Waals surface area (Å²) in [6, 6.07) is 3.92. The van der Waals surface area contributed by atoms with Crippen LogP contribution in [0.15, 0.2) is 12.1 Å². The number of rotatable bonds is 4. The molecule has 2 bridgehead atoms. The molecule has 0 radical (unpaired) electrons. The Bertz CT molecular complexity index is 494. The molecule has 1 aromatic heterocycles. The molecule has 2 fully saturated rings. The molecule has 2 saturated carbocycles. The van der Waals surface area contributed by atoms with Gasteiger partial charge in [0.15, 0.2) is 0 Å². The predicted molar refractivity (Wildman–Crippen MR) is 78.1 cm³/mol. The molecule has 3 unspecified atom stereocenters. The summed E-state index contributed by atoms with van der Waals surface area (Å²) in [5.41, 5.74) is 4.05. The van der Waals surface area contributed by atoms with Crippen LogP contribution in [0.5, 0.6) is 0 Å². The summed E-state index contributed by atoms with van der Waals surface area (Å²) < 4.78 is 0. The molecular weight excluding hydrogens is 252 g/mol. The van der Waals surface area contributed by atoms with Crippen molar-refractivity contribution in [2.24, 2.45) is 17.7 Å². The van der Waals surface area contributed by atoms with Gasteiger partial charge in [-0.3, -0.25) is 4.79 Å². The Hall–Kier alpha value is -1.62. The van der Waals surface area contributed by atoms with Gasteiger partial charge in [-0.05, 0) is 49.7 Å². The van der Waals surface area contributed by atoms with E-state index >= 15 is 0 Å². The number of nitrogens with two attached hydrogens (primary N) is 1.